The van der Waals surface area contributed by atoms with Crippen molar-refractivity contribution in [1.29, 1.82) is 0 Å². The van der Waals surface area contributed by atoms with Gasteiger partial charge in [-0.3, -0.25) is 4.79 Å². The Morgan fingerprint density at radius 1 is 1.43 bits per heavy atom. The first-order valence-corrected chi connectivity index (χ1v) is 5.14. The Kier molecular flexibility index (Phi) is 6.49. The van der Waals surface area contributed by atoms with Crippen molar-refractivity contribution in [2.75, 3.05) is 13.2 Å². The zero-order valence-corrected chi connectivity index (χ0v) is 9.29. The average molecular weight is 202 g/mol. The largest absolute Gasteiger partial charge is 0.394 e. The topological polar surface area (TPSA) is 75.4 Å². The Bertz CT molecular complexity index is 172. The first-order chi connectivity index (χ1) is 6.52. The van der Waals surface area contributed by atoms with Crippen molar-refractivity contribution in [2.45, 2.75) is 33.2 Å². The summed E-state index contributed by atoms with van der Waals surface area (Å²) in [7, 11) is 0. The fraction of sp³-hybridized carbons (Fsp3) is 0.900. The van der Waals surface area contributed by atoms with Gasteiger partial charge in [0, 0.05) is 5.92 Å². The van der Waals surface area contributed by atoms with E-state index in [0.29, 0.717) is 13.0 Å². The van der Waals surface area contributed by atoms with Crippen molar-refractivity contribution in [3.05, 3.63) is 0 Å². The molecule has 4 heteroatoms. The monoisotopic (exact) mass is 202 g/mol. The van der Waals surface area contributed by atoms with Crippen molar-refractivity contribution in [3.63, 3.8) is 0 Å². The quantitative estimate of drug-likeness (QED) is 0.572. The van der Waals surface area contributed by atoms with Crippen LogP contribution in [0.15, 0.2) is 0 Å². The van der Waals surface area contributed by atoms with Crippen LogP contribution in [-0.2, 0) is 4.79 Å². The van der Waals surface area contributed by atoms with Crippen LogP contribution in [0.3, 0.4) is 0 Å². The molecule has 2 atom stereocenters. The van der Waals surface area contributed by atoms with Crippen LogP contribution in [0, 0.1) is 11.8 Å². The van der Waals surface area contributed by atoms with Crippen LogP contribution < -0.4 is 11.1 Å². The van der Waals surface area contributed by atoms with Gasteiger partial charge < -0.3 is 16.2 Å². The van der Waals surface area contributed by atoms with Crippen molar-refractivity contribution in [1.82, 2.24) is 5.32 Å². The van der Waals surface area contributed by atoms with Gasteiger partial charge in [-0.25, -0.2) is 0 Å². The van der Waals surface area contributed by atoms with E-state index in [0.717, 1.165) is 0 Å². The highest BCUT2D eigenvalue weighted by Crippen LogP contribution is 2.04. The number of hydrogen-bond donors (Lipinski definition) is 3. The molecule has 0 aromatic carbocycles. The van der Waals surface area contributed by atoms with Gasteiger partial charge >= 0.3 is 0 Å². The van der Waals surface area contributed by atoms with E-state index in [9.17, 15) is 4.79 Å². The lowest BCUT2D eigenvalue weighted by atomic mass is 10.0. The molecular formula is C10H22N2O2. The molecule has 0 saturated carbocycles. The van der Waals surface area contributed by atoms with Gasteiger partial charge in [-0.2, -0.15) is 0 Å². The number of amides is 1. The Hall–Kier alpha value is -0.610. The molecule has 0 saturated heterocycles. The molecule has 0 fully saturated rings. The fourth-order valence-corrected chi connectivity index (χ4v) is 1.13. The van der Waals surface area contributed by atoms with Gasteiger partial charge in [-0.05, 0) is 18.9 Å². The van der Waals surface area contributed by atoms with Crippen molar-refractivity contribution in [2.24, 2.45) is 17.6 Å². The van der Waals surface area contributed by atoms with Gasteiger partial charge in [-0.1, -0.05) is 20.8 Å². The number of aliphatic hydroxyl groups is 1. The third-order valence-electron chi connectivity index (χ3n) is 2.38. The van der Waals surface area contributed by atoms with E-state index < -0.39 is 0 Å². The number of nitrogens with one attached hydrogen (secondary N) is 1. The molecule has 2 unspecified atom stereocenters. The predicted molar refractivity (Wildman–Crippen MR) is 56.7 cm³/mol. The number of carbonyl (C=O) groups is 1. The second-order valence-electron chi connectivity index (χ2n) is 4.02. The summed E-state index contributed by atoms with van der Waals surface area (Å²) in [5.41, 5.74) is 5.36. The van der Waals surface area contributed by atoms with E-state index in [2.05, 4.69) is 5.32 Å². The van der Waals surface area contributed by atoms with Crippen LogP contribution in [0.5, 0.6) is 0 Å². The van der Waals surface area contributed by atoms with Gasteiger partial charge in [0.2, 0.25) is 5.91 Å². The lowest BCUT2D eigenvalue weighted by Crippen LogP contribution is -2.43. The molecule has 0 rings (SSSR count). The lowest BCUT2D eigenvalue weighted by molar-refractivity contribution is -0.126. The molecule has 0 aliphatic carbocycles. The van der Waals surface area contributed by atoms with Crippen LogP contribution in [0.2, 0.25) is 0 Å². The normalized spacial score (nSPS) is 15.3. The molecule has 0 aromatic heterocycles. The minimum atomic E-state index is -0.150. The number of carbonyl (C=O) groups excluding carboxylic acids is 1. The van der Waals surface area contributed by atoms with Crippen LogP contribution in [0.25, 0.3) is 0 Å². The van der Waals surface area contributed by atoms with Gasteiger partial charge in [0.05, 0.1) is 12.6 Å². The second-order valence-corrected chi connectivity index (χ2v) is 4.02. The Morgan fingerprint density at radius 2 is 2.00 bits per heavy atom. The van der Waals surface area contributed by atoms with Crippen molar-refractivity contribution >= 4 is 5.91 Å². The Balaban J connectivity index is 4.01. The lowest BCUT2D eigenvalue weighted by Gasteiger charge is -2.22. The third kappa shape index (κ3) is 4.58. The summed E-state index contributed by atoms with van der Waals surface area (Å²) >= 11 is 0. The number of aliphatic hydroxyl groups excluding tert-OH is 1. The summed E-state index contributed by atoms with van der Waals surface area (Å²) in [6.45, 7) is 6.28. The van der Waals surface area contributed by atoms with Gasteiger partial charge in [0.25, 0.3) is 0 Å². The van der Waals surface area contributed by atoms with Crippen LogP contribution in [0.4, 0.5) is 0 Å². The molecule has 4 nitrogen and oxygen atoms in total. The van der Waals surface area contributed by atoms with E-state index in [-0.39, 0.29) is 30.4 Å². The summed E-state index contributed by atoms with van der Waals surface area (Å²) in [6.07, 6.45) is 0.683. The van der Waals surface area contributed by atoms with Gasteiger partial charge in [0.1, 0.15) is 0 Å². The minimum Gasteiger partial charge on any atom is -0.394 e. The van der Waals surface area contributed by atoms with Crippen molar-refractivity contribution in [3.8, 4) is 0 Å². The van der Waals surface area contributed by atoms with Gasteiger partial charge in [-0.15, -0.1) is 0 Å². The smallest absolute Gasteiger partial charge is 0.223 e. The molecule has 0 bridgehead atoms. The number of rotatable bonds is 6. The predicted octanol–water partition coefficient (Wildman–Crippen LogP) is 0.104. The maximum atomic E-state index is 11.5. The standard InChI is InChI=1S/C10H22N2O2/c1-7(2)9(6-13)12-10(14)8(3)4-5-11/h7-9,13H,4-6,11H2,1-3H3,(H,12,14). The van der Waals surface area contributed by atoms with E-state index >= 15 is 0 Å². The van der Waals surface area contributed by atoms with Crippen LogP contribution in [-0.4, -0.2) is 30.2 Å². The van der Waals surface area contributed by atoms with E-state index in [4.69, 9.17) is 10.8 Å². The maximum absolute atomic E-state index is 11.5. The third-order valence-corrected chi connectivity index (χ3v) is 2.38. The first-order valence-electron chi connectivity index (χ1n) is 5.14. The van der Waals surface area contributed by atoms with Crippen molar-refractivity contribution < 1.29 is 9.90 Å². The Morgan fingerprint density at radius 3 is 2.36 bits per heavy atom. The number of nitrogens with two attached hydrogens (primary N) is 1. The highest BCUT2D eigenvalue weighted by Gasteiger charge is 2.18. The fourth-order valence-electron chi connectivity index (χ4n) is 1.13. The molecule has 0 aliphatic heterocycles. The highest BCUT2D eigenvalue weighted by atomic mass is 16.3. The van der Waals surface area contributed by atoms with E-state index in [1.165, 1.54) is 0 Å². The maximum Gasteiger partial charge on any atom is 0.223 e. The molecule has 0 spiro atoms. The van der Waals surface area contributed by atoms with E-state index in [1.54, 1.807) is 0 Å². The second kappa shape index (κ2) is 6.79. The first kappa shape index (κ1) is 13.4. The van der Waals surface area contributed by atoms with E-state index in [1.807, 2.05) is 20.8 Å². The molecular weight excluding hydrogens is 180 g/mol. The summed E-state index contributed by atoms with van der Waals surface area (Å²) in [5.74, 6) is 0.144. The summed E-state index contributed by atoms with van der Waals surface area (Å²) < 4.78 is 0. The molecule has 1 amide bonds. The Labute approximate surface area is 85.9 Å². The van der Waals surface area contributed by atoms with Crippen LogP contribution in [0.1, 0.15) is 27.2 Å². The molecule has 0 aliphatic rings. The summed E-state index contributed by atoms with van der Waals surface area (Å²) in [6, 6.07) is -0.150. The molecule has 0 radical (unpaired) electrons. The molecule has 14 heavy (non-hydrogen) atoms. The zero-order valence-electron chi connectivity index (χ0n) is 9.29. The molecule has 0 aromatic rings. The molecule has 84 valence electrons. The minimum absolute atomic E-state index is 0.0151. The molecule has 4 N–H and O–H groups in total. The zero-order chi connectivity index (χ0) is 11.1. The molecule has 0 heterocycles. The average Bonchev–Trinajstić information content (AvgIpc) is 2.13. The summed E-state index contributed by atoms with van der Waals surface area (Å²) in [5, 5.41) is 11.8. The summed E-state index contributed by atoms with van der Waals surface area (Å²) in [4.78, 5) is 11.5. The number of hydrogen-bond acceptors (Lipinski definition) is 3. The van der Waals surface area contributed by atoms with Gasteiger partial charge in [0.15, 0.2) is 0 Å². The SMILES string of the molecule is CC(CCN)C(=O)NC(CO)C(C)C. The highest BCUT2D eigenvalue weighted by molar-refractivity contribution is 5.78. The van der Waals surface area contributed by atoms with Crippen LogP contribution >= 0.6 is 0 Å².